The Labute approximate surface area is 142 Å². The first kappa shape index (κ1) is 15.0. The highest BCUT2D eigenvalue weighted by molar-refractivity contribution is 8.00. The third-order valence-electron chi connectivity index (χ3n) is 3.20. The Morgan fingerprint density at radius 2 is 1.71 bits per heavy atom. The van der Waals surface area contributed by atoms with Crippen molar-refractivity contribution in [3.05, 3.63) is 63.1 Å². The van der Waals surface area contributed by atoms with Gasteiger partial charge in [0.2, 0.25) is 5.91 Å². The van der Waals surface area contributed by atoms with E-state index in [1.54, 1.807) is 34.9 Å². The van der Waals surface area contributed by atoms with Gasteiger partial charge in [-0.05, 0) is 35.9 Å². The van der Waals surface area contributed by atoms with Crippen molar-refractivity contribution in [1.82, 2.24) is 0 Å². The van der Waals surface area contributed by atoms with Gasteiger partial charge in [0.1, 0.15) is 5.37 Å². The summed E-state index contributed by atoms with van der Waals surface area (Å²) in [6, 6.07) is 12.7. The van der Waals surface area contributed by atoms with Crippen LogP contribution in [0.1, 0.15) is 10.9 Å². The summed E-state index contributed by atoms with van der Waals surface area (Å²) in [4.78, 5) is 14.0. The molecule has 108 valence electrons. The van der Waals surface area contributed by atoms with Gasteiger partial charge in [-0.15, -0.1) is 11.8 Å². The molecule has 0 spiro atoms. The SMILES string of the molecule is O=C1CS[C@H](c2ccc(Cl)cc2)N1c1ccc(Cl)c(Cl)c1. The van der Waals surface area contributed by atoms with E-state index >= 15 is 0 Å². The van der Waals surface area contributed by atoms with Crippen LogP contribution >= 0.6 is 46.6 Å². The van der Waals surface area contributed by atoms with Crippen molar-refractivity contribution in [2.75, 3.05) is 10.7 Å². The summed E-state index contributed by atoms with van der Waals surface area (Å²) in [6.45, 7) is 0. The fourth-order valence-corrected chi connectivity index (χ4v) is 3.81. The van der Waals surface area contributed by atoms with Crippen molar-refractivity contribution in [1.29, 1.82) is 0 Å². The lowest BCUT2D eigenvalue weighted by molar-refractivity contribution is -0.115. The minimum absolute atomic E-state index is 0.0540. The highest BCUT2D eigenvalue weighted by Crippen LogP contribution is 2.43. The largest absolute Gasteiger partial charge is 0.295 e. The zero-order chi connectivity index (χ0) is 15.0. The summed E-state index contributed by atoms with van der Waals surface area (Å²) in [5.41, 5.74) is 1.78. The highest BCUT2D eigenvalue weighted by atomic mass is 35.5. The molecule has 1 fully saturated rings. The number of hydrogen-bond donors (Lipinski definition) is 0. The predicted octanol–water partition coefficient (Wildman–Crippen LogP) is 5.43. The van der Waals surface area contributed by atoms with Crippen LogP contribution in [0.4, 0.5) is 5.69 Å². The van der Waals surface area contributed by atoms with Gasteiger partial charge in [0, 0.05) is 10.7 Å². The Bertz CT molecular complexity index is 690. The second-order valence-electron chi connectivity index (χ2n) is 4.58. The molecule has 0 unspecified atom stereocenters. The smallest absolute Gasteiger partial charge is 0.238 e. The minimum atomic E-state index is -0.0768. The summed E-state index contributed by atoms with van der Waals surface area (Å²) in [5, 5.41) is 1.51. The molecular weight excluding hydrogens is 349 g/mol. The summed E-state index contributed by atoms with van der Waals surface area (Å²) >= 11 is 19.5. The second-order valence-corrected chi connectivity index (χ2v) is 6.90. The van der Waals surface area contributed by atoms with E-state index in [0.717, 1.165) is 11.3 Å². The maximum atomic E-state index is 12.2. The zero-order valence-electron chi connectivity index (χ0n) is 10.7. The van der Waals surface area contributed by atoms with Gasteiger partial charge in [0.05, 0.1) is 15.8 Å². The third kappa shape index (κ3) is 3.02. The van der Waals surface area contributed by atoms with Crippen molar-refractivity contribution in [2.24, 2.45) is 0 Å². The number of halogens is 3. The van der Waals surface area contributed by atoms with Gasteiger partial charge in [-0.1, -0.05) is 46.9 Å². The normalized spacial score (nSPS) is 18.3. The molecular formula is C15H10Cl3NOS. The molecule has 2 aromatic carbocycles. The molecule has 2 aromatic rings. The molecule has 0 radical (unpaired) electrons. The number of carbonyl (C=O) groups excluding carboxylic acids is 1. The van der Waals surface area contributed by atoms with Gasteiger partial charge in [-0.25, -0.2) is 0 Å². The van der Waals surface area contributed by atoms with E-state index in [-0.39, 0.29) is 11.3 Å². The lowest BCUT2D eigenvalue weighted by atomic mass is 10.2. The maximum absolute atomic E-state index is 12.2. The fourth-order valence-electron chi connectivity index (χ4n) is 2.21. The number of rotatable bonds is 2. The van der Waals surface area contributed by atoms with Gasteiger partial charge in [-0.2, -0.15) is 0 Å². The topological polar surface area (TPSA) is 20.3 Å². The van der Waals surface area contributed by atoms with E-state index in [2.05, 4.69) is 0 Å². The second kappa shape index (κ2) is 6.09. The lowest BCUT2D eigenvalue weighted by Gasteiger charge is -2.24. The summed E-state index contributed by atoms with van der Waals surface area (Å²) in [7, 11) is 0. The van der Waals surface area contributed by atoms with Crippen LogP contribution in [-0.4, -0.2) is 11.7 Å². The van der Waals surface area contributed by atoms with Gasteiger partial charge in [0.15, 0.2) is 0 Å². The van der Waals surface area contributed by atoms with Crippen molar-refractivity contribution < 1.29 is 4.79 Å². The van der Waals surface area contributed by atoms with Crippen molar-refractivity contribution >= 4 is 58.2 Å². The average Bonchev–Trinajstić information content (AvgIpc) is 2.85. The maximum Gasteiger partial charge on any atom is 0.238 e. The molecule has 1 aliphatic heterocycles. The Balaban J connectivity index is 1.99. The van der Waals surface area contributed by atoms with Crippen LogP contribution in [0.2, 0.25) is 15.1 Å². The molecule has 21 heavy (non-hydrogen) atoms. The van der Waals surface area contributed by atoms with Crippen LogP contribution in [0, 0.1) is 0 Å². The molecule has 0 N–H and O–H groups in total. The number of nitrogens with zero attached hydrogens (tertiary/aromatic N) is 1. The molecule has 0 aliphatic carbocycles. The van der Waals surface area contributed by atoms with E-state index in [9.17, 15) is 4.79 Å². The number of benzene rings is 2. The van der Waals surface area contributed by atoms with Crippen molar-refractivity contribution in [3.63, 3.8) is 0 Å². The van der Waals surface area contributed by atoms with E-state index < -0.39 is 0 Å². The number of thioether (sulfide) groups is 1. The zero-order valence-corrected chi connectivity index (χ0v) is 13.8. The fraction of sp³-hybridized carbons (Fsp3) is 0.133. The third-order valence-corrected chi connectivity index (χ3v) is 5.41. The molecule has 1 amide bonds. The molecule has 0 bridgehead atoms. The van der Waals surface area contributed by atoms with Crippen molar-refractivity contribution in [3.8, 4) is 0 Å². The van der Waals surface area contributed by atoms with E-state index in [1.807, 2.05) is 24.3 Å². The van der Waals surface area contributed by atoms with E-state index in [4.69, 9.17) is 34.8 Å². The molecule has 0 aromatic heterocycles. The summed E-state index contributed by atoms with van der Waals surface area (Å²) < 4.78 is 0. The van der Waals surface area contributed by atoms with Crippen LogP contribution in [0.3, 0.4) is 0 Å². The first-order chi connectivity index (χ1) is 10.1. The van der Waals surface area contributed by atoms with Crippen LogP contribution in [0.15, 0.2) is 42.5 Å². The lowest BCUT2D eigenvalue weighted by Crippen LogP contribution is -2.27. The van der Waals surface area contributed by atoms with Crippen molar-refractivity contribution in [2.45, 2.75) is 5.37 Å². The molecule has 1 aliphatic rings. The number of hydrogen-bond acceptors (Lipinski definition) is 2. The van der Waals surface area contributed by atoms with Gasteiger partial charge >= 0.3 is 0 Å². The van der Waals surface area contributed by atoms with Gasteiger partial charge < -0.3 is 0 Å². The average molecular weight is 359 g/mol. The molecule has 0 saturated carbocycles. The first-order valence-corrected chi connectivity index (χ1v) is 8.39. The number of anilines is 1. The summed E-state index contributed by atoms with van der Waals surface area (Å²) in [5.74, 6) is 0.492. The summed E-state index contributed by atoms with van der Waals surface area (Å²) in [6.07, 6.45) is 0. The first-order valence-electron chi connectivity index (χ1n) is 6.20. The van der Waals surface area contributed by atoms with Gasteiger partial charge in [-0.3, -0.25) is 9.69 Å². The molecule has 6 heteroatoms. The number of amides is 1. The van der Waals surface area contributed by atoms with Crippen LogP contribution in [-0.2, 0) is 4.79 Å². The predicted molar refractivity (Wildman–Crippen MR) is 90.6 cm³/mol. The van der Waals surface area contributed by atoms with Crippen LogP contribution in [0.5, 0.6) is 0 Å². The van der Waals surface area contributed by atoms with Crippen LogP contribution in [0.25, 0.3) is 0 Å². The van der Waals surface area contributed by atoms with E-state index in [1.165, 1.54) is 0 Å². The van der Waals surface area contributed by atoms with E-state index in [0.29, 0.717) is 20.8 Å². The Morgan fingerprint density at radius 1 is 1.00 bits per heavy atom. The molecule has 1 atom stereocenters. The molecule has 3 rings (SSSR count). The molecule has 1 saturated heterocycles. The molecule has 2 nitrogen and oxygen atoms in total. The minimum Gasteiger partial charge on any atom is -0.295 e. The highest BCUT2D eigenvalue weighted by Gasteiger charge is 2.34. The Morgan fingerprint density at radius 3 is 2.38 bits per heavy atom. The standard InChI is InChI=1S/C15H10Cl3NOS/c16-10-3-1-9(2-4-10)15-19(14(20)8-21-15)11-5-6-12(17)13(18)7-11/h1-7,15H,8H2/t15-/m1/s1. The Kier molecular flexibility index (Phi) is 4.36. The van der Waals surface area contributed by atoms with Crippen LogP contribution < -0.4 is 4.90 Å². The van der Waals surface area contributed by atoms with Gasteiger partial charge in [0.25, 0.3) is 0 Å². The number of carbonyl (C=O) groups is 1. The quantitative estimate of drug-likeness (QED) is 0.714. The Hall–Kier alpha value is -0.870. The monoisotopic (exact) mass is 357 g/mol. The molecule has 1 heterocycles.